The largest absolute Gasteiger partial charge is 0.374 e. The van der Waals surface area contributed by atoms with E-state index in [1.807, 2.05) is 30.3 Å². The lowest BCUT2D eigenvalue weighted by molar-refractivity contribution is -0.0288. The van der Waals surface area contributed by atoms with Gasteiger partial charge in [0, 0.05) is 31.9 Å². The molecule has 1 aromatic rings. The summed E-state index contributed by atoms with van der Waals surface area (Å²) in [7, 11) is 0. The van der Waals surface area contributed by atoms with Crippen LogP contribution in [-0.4, -0.2) is 49.8 Å². The van der Waals surface area contributed by atoms with Gasteiger partial charge >= 0.3 is 6.03 Å². The molecule has 1 aliphatic rings. The quantitative estimate of drug-likeness (QED) is 0.874. The first-order valence-electron chi connectivity index (χ1n) is 7.57. The summed E-state index contributed by atoms with van der Waals surface area (Å²) >= 11 is 0. The van der Waals surface area contributed by atoms with E-state index >= 15 is 0 Å². The van der Waals surface area contributed by atoms with E-state index in [1.165, 1.54) is 0 Å². The maximum Gasteiger partial charge on any atom is 0.319 e. The van der Waals surface area contributed by atoms with Gasteiger partial charge in [-0.05, 0) is 18.1 Å². The third-order valence-corrected chi connectivity index (χ3v) is 3.37. The molecule has 0 unspecified atom stereocenters. The molecule has 0 saturated carbocycles. The van der Waals surface area contributed by atoms with Crippen molar-refractivity contribution in [3.8, 4) is 0 Å². The number of benzene rings is 1. The van der Waals surface area contributed by atoms with Crippen molar-refractivity contribution < 1.29 is 9.53 Å². The first-order chi connectivity index (χ1) is 10.1. The summed E-state index contributed by atoms with van der Waals surface area (Å²) in [5.41, 5.74) is 0.793. The highest BCUT2D eigenvalue weighted by molar-refractivity contribution is 5.89. The van der Waals surface area contributed by atoms with E-state index in [0.717, 1.165) is 31.9 Å². The number of morpholine rings is 1. The number of nitrogens with zero attached hydrogens (tertiary/aromatic N) is 1. The lowest BCUT2D eigenvalue weighted by atomic mass is 10.2. The molecule has 2 rings (SSSR count). The molecule has 5 nitrogen and oxygen atoms in total. The number of hydrogen-bond donors (Lipinski definition) is 2. The highest BCUT2D eigenvalue weighted by Gasteiger charge is 2.21. The average molecular weight is 291 g/mol. The van der Waals surface area contributed by atoms with Crippen LogP contribution in [0.2, 0.25) is 0 Å². The number of carbonyl (C=O) groups is 1. The van der Waals surface area contributed by atoms with Crippen molar-refractivity contribution in [2.24, 2.45) is 5.92 Å². The molecular weight excluding hydrogens is 266 g/mol. The SMILES string of the molecule is CC(C)CN1CCO[C@@H](CNC(=O)Nc2ccccc2)C1. The monoisotopic (exact) mass is 291 g/mol. The maximum atomic E-state index is 11.8. The summed E-state index contributed by atoms with van der Waals surface area (Å²) < 4.78 is 5.71. The minimum absolute atomic E-state index is 0.0685. The molecule has 5 heteroatoms. The fourth-order valence-electron chi connectivity index (χ4n) is 2.49. The maximum absolute atomic E-state index is 11.8. The van der Waals surface area contributed by atoms with Gasteiger partial charge in [-0.25, -0.2) is 4.79 Å². The third-order valence-electron chi connectivity index (χ3n) is 3.37. The molecule has 21 heavy (non-hydrogen) atoms. The molecule has 1 saturated heterocycles. The van der Waals surface area contributed by atoms with Gasteiger partial charge in [0.05, 0.1) is 12.7 Å². The predicted molar refractivity (Wildman–Crippen MR) is 84.5 cm³/mol. The van der Waals surface area contributed by atoms with Crippen LogP contribution in [0.15, 0.2) is 30.3 Å². The molecule has 1 fully saturated rings. The molecule has 116 valence electrons. The molecule has 2 amide bonds. The average Bonchev–Trinajstić information content (AvgIpc) is 2.46. The van der Waals surface area contributed by atoms with Gasteiger partial charge in [0.1, 0.15) is 0 Å². The van der Waals surface area contributed by atoms with Gasteiger partial charge in [-0.3, -0.25) is 4.90 Å². The van der Waals surface area contributed by atoms with Crippen LogP contribution in [-0.2, 0) is 4.74 Å². The normalized spacial score (nSPS) is 19.5. The van der Waals surface area contributed by atoms with Crippen LogP contribution in [0.25, 0.3) is 0 Å². The van der Waals surface area contributed by atoms with E-state index in [1.54, 1.807) is 0 Å². The predicted octanol–water partition coefficient (Wildman–Crippen LogP) is 2.16. The number of hydrogen-bond acceptors (Lipinski definition) is 3. The second-order valence-electron chi connectivity index (χ2n) is 5.85. The highest BCUT2D eigenvalue weighted by atomic mass is 16.5. The molecule has 0 bridgehead atoms. The molecule has 1 heterocycles. The van der Waals surface area contributed by atoms with Gasteiger partial charge in [0.25, 0.3) is 0 Å². The van der Waals surface area contributed by atoms with Crippen LogP contribution in [0.5, 0.6) is 0 Å². The van der Waals surface area contributed by atoms with E-state index in [4.69, 9.17) is 4.74 Å². The Morgan fingerprint density at radius 2 is 2.14 bits per heavy atom. The number of ether oxygens (including phenoxy) is 1. The van der Waals surface area contributed by atoms with Crippen molar-refractivity contribution in [1.29, 1.82) is 0 Å². The topological polar surface area (TPSA) is 53.6 Å². The summed E-state index contributed by atoms with van der Waals surface area (Å²) in [6.45, 7) is 8.64. The van der Waals surface area contributed by atoms with E-state index < -0.39 is 0 Å². The lowest BCUT2D eigenvalue weighted by Crippen LogP contribution is -2.48. The summed E-state index contributed by atoms with van der Waals surface area (Å²) in [4.78, 5) is 14.2. The molecule has 1 atom stereocenters. The minimum Gasteiger partial charge on any atom is -0.374 e. The molecular formula is C16H25N3O2. The number of anilines is 1. The fourth-order valence-corrected chi connectivity index (χ4v) is 2.49. The smallest absolute Gasteiger partial charge is 0.319 e. The first-order valence-corrected chi connectivity index (χ1v) is 7.57. The van der Waals surface area contributed by atoms with Crippen LogP contribution >= 0.6 is 0 Å². The Hall–Kier alpha value is -1.59. The van der Waals surface area contributed by atoms with Crippen molar-refractivity contribution in [3.05, 3.63) is 30.3 Å². The van der Waals surface area contributed by atoms with Crippen molar-refractivity contribution >= 4 is 11.7 Å². The summed E-state index contributed by atoms with van der Waals surface area (Å²) in [5.74, 6) is 0.651. The van der Waals surface area contributed by atoms with Gasteiger partial charge < -0.3 is 15.4 Å². The zero-order chi connectivity index (χ0) is 15.1. The van der Waals surface area contributed by atoms with Crippen LogP contribution in [0.1, 0.15) is 13.8 Å². The van der Waals surface area contributed by atoms with E-state index in [2.05, 4.69) is 29.4 Å². The Bertz CT molecular complexity index is 436. The fraction of sp³-hybridized carbons (Fsp3) is 0.562. The lowest BCUT2D eigenvalue weighted by Gasteiger charge is -2.33. The number of para-hydroxylation sites is 1. The van der Waals surface area contributed by atoms with E-state index in [9.17, 15) is 4.79 Å². The molecule has 2 N–H and O–H groups in total. The number of carbonyl (C=O) groups excluding carboxylic acids is 1. The zero-order valence-corrected chi connectivity index (χ0v) is 12.8. The van der Waals surface area contributed by atoms with E-state index in [-0.39, 0.29) is 12.1 Å². The molecule has 1 aromatic carbocycles. The standard InChI is InChI=1S/C16H25N3O2/c1-13(2)11-19-8-9-21-15(12-19)10-17-16(20)18-14-6-4-3-5-7-14/h3-7,13,15H,8-12H2,1-2H3,(H2,17,18,20)/t15-/m0/s1. The van der Waals surface area contributed by atoms with Gasteiger partial charge in [-0.1, -0.05) is 32.0 Å². The number of rotatable bonds is 5. The van der Waals surface area contributed by atoms with Gasteiger partial charge in [-0.15, -0.1) is 0 Å². The Labute approximate surface area is 126 Å². The summed E-state index contributed by atoms with van der Waals surface area (Å²) in [6, 6.07) is 9.24. The number of nitrogens with one attached hydrogen (secondary N) is 2. The van der Waals surface area contributed by atoms with Crippen LogP contribution < -0.4 is 10.6 Å². The van der Waals surface area contributed by atoms with Crippen LogP contribution in [0.4, 0.5) is 10.5 Å². The van der Waals surface area contributed by atoms with E-state index in [0.29, 0.717) is 12.5 Å². The summed E-state index contributed by atoms with van der Waals surface area (Å²) in [6.07, 6.45) is 0.0685. The van der Waals surface area contributed by atoms with Crippen LogP contribution in [0.3, 0.4) is 0 Å². The molecule has 0 aromatic heterocycles. The number of urea groups is 1. The third kappa shape index (κ3) is 5.73. The second-order valence-corrected chi connectivity index (χ2v) is 5.85. The molecule has 0 radical (unpaired) electrons. The Balaban J connectivity index is 1.71. The number of amides is 2. The molecule has 0 spiro atoms. The van der Waals surface area contributed by atoms with Crippen molar-refractivity contribution in [2.75, 3.05) is 38.1 Å². The van der Waals surface area contributed by atoms with Crippen molar-refractivity contribution in [3.63, 3.8) is 0 Å². The molecule has 1 aliphatic heterocycles. The van der Waals surface area contributed by atoms with Crippen molar-refractivity contribution in [2.45, 2.75) is 20.0 Å². The Morgan fingerprint density at radius 3 is 2.86 bits per heavy atom. The van der Waals surface area contributed by atoms with Crippen molar-refractivity contribution in [1.82, 2.24) is 10.2 Å². The van der Waals surface area contributed by atoms with Gasteiger partial charge in [0.2, 0.25) is 0 Å². The first kappa shape index (κ1) is 15.8. The highest BCUT2D eigenvalue weighted by Crippen LogP contribution is 2.08. The second kappa shape index (κ2) is 8.00. The summed E-state index contributed by atoms with van der Waals surface area (Å²) in [5, 5.41) is 5.68. The van der Waals surface area contributed by atoms with Gasteiger partial charge in [-0.2, -0.15) is 0 Å². The zero-order valence-electron chi connectivity index (χ0n) is 12.8. The van der Waals surface area contributed by atoms with Gasteiger partial charge in [0.15, 0.2) is 0 Å². The Kier molecular flexibility index (Phi) is 6.02. The molecule has 0 aliphatic carbocycles. The Morgan fingerprint density at radius 1 is 1.38 bits per heavy atom. The minimum atomic E-state index is -0.189. The van der Waals surface area contributed by atoms with Crippen LogP contribution in [0, 0.1) is 5.92 Å².